The van der Waals surface area contributed by atoms with Crippen molar-refractivity contribution >= 4 is 51.6 Å². The number of anilines is 1. The van der Waals surface area contributed by atoms with Crippen molar-refractivity contribution in [2.24, 2.45) is 0 Å². The molecule has 2 N–H and O–H groups in total. The molecule has 0 radical (unpaired) electrons. The molecule has 0 fully saturated rings. The first-order valence-corrected chi connectivity index (χ1v) is 10.9. The molecule has 0 aliphatic carbocycles. The molecule has 29 heavy (non-hydrogen) atoms. The number of carbonyl (C=O) groups excluding carboxylic acids is 2. The number of rotatable bonds is 8. The average Bonchev–Trinajstić information content (AvgIpc) is 3.36. The van der Waals surface area contributed by atoms with Gasteiger partial charge < -0.3 is 15.2 Å². The molecule has 8 nitrogen and oxygen atoms in total. The molecule has 0 saturated heterocycles. The monoisotopic (exact) mass is 450 g/mol. The van der Waals surface area contributed by atoms with Gasteiger partial charge >= 0.3 is 0 Å². The molecular formula is C18H19ClN6O2S2. The third-order valence-electron chi connectivity index (χ3n) is 3.94. The van der Waals surface area contributed by atoms with Crippen LogP contribution in [0.15, 0.2) is 41.0 Å². The summed E-state index contributed by atoms with van der Waals surface area (Å²) < 4.78 is 1.87. The van der Waals surface area contributed by atoms with Crippen molar-refractivity contribution in [1.82, 2.24) is 25.1 Å². The van der Waals surface area contributed by atoms with E-state index >= 15 is 0 Å². The van der Waals surface area contributed by atoms with E-state index in [1.165, 1.54) is 23.1 Å². The lowest BCUT2D eigenvalue weighted by molar-refractivity contribution is -0.115. The van der Waals surface area contributed by atoms with Gasteiger partial charge in [-0.15, -0.1) is 21.5 Å². The Morgan fingerprint density at radius 1 is 1.28 bits per heavy atom. The number of nitrogens with zero attached hydrogens (tertiary/aromatic N) is 4. The maximum atomic E-state index is 12.3. The first-order valence-electron chi connectivity index (χ1n) is 8.80. The van der Waals surface area contributed by atoms with E-state index in [1.807, 2.05) is 11.5 Å². The van der Waals surface area contributed by atoms with Gasteiger partial charge in [0.25, 0.3) is 5.91 Å². The van der Waals surface area contributed by atoms with Gasteiger partial charge in [0.15, 0.2) is 16.1 Å². The van der Waals surface area contributed by atoms with Crippen LogP contribution in [0.3, 0.4) is 0 Å². The van der Waals surface area contributed by atoms with Gasteiger partial charge in [-0.25, -0.2) is 4.98 Å². The van der Waals surface area contributed by atoms with Crippen molar-refractivity contribution < 1.29 is 9.59 Å². The molecule has 11 heteroatoms. The van der Waals surface area contributed by atoms with Gasteiger partial charge in [0.05, 0.1) is 11.8 Å². The summed E-state index contributed by atoms with van der Waals surface area (Å²) in [5, 5.41) is 17.1. The van der Waals surface area contributed by atoms with Crippen LogP contribution in [-0.2, 0) is 17.9 Å². The zero-order chi connectivity index (χ0) is 20.8. The highest BCUT2D eigenvalue weighted by Crippen LogP contribution is 2.24. The second-order valence-corrected chi connectivity index (χ2v) is 8.56. The quantitative estimate of drug-likeness (QED) is 0.509. The predicted molar refractivity (Wildman–Crippen MR) is 114 cm³/mol. The number of nitrogens with one attached hydrogen (secondary N) is 2. The molecule has 2 amide bonds. The summed E-state index contributed by atoms with van der Waals surface area (Å²) in [6.45, 7) is 4.59. The fourth-order valence-corrected chi connectivity index (χ4v) is 4.01. The minimum absolute atomic E-state index is 0.159. The number of thioether (sulfide) groups is 1. The standard InChI is InChI=1S/C18H19ClN6O2S2/c1-3-25-14(10-21-16(27)12-4-6-13(19)7-5-12)23-24-18(25)29-11(2)15(26)22-17-20-8-9-28-17/h4-9,11H,3,10H2,1-2H3,(H,21,27)(H,20,22,26)/t11-/m1/s1. The SMILES string of the molecule is CCn1c(CNC(=O)c2ccc(Cl)cc2)nnc1S[C@H](C)C(=O)Nc1nccs1. The maximum Gasteiger partial charge on any atom is 0.251 e. The molecule has 0 unspecified atom stereocenters. The molecular weight excluding hydrogens is 432 g/mol. The predicted octanol–water partition coefficient (Wildman–Crippen LogP) is 3.46. The number of carbonyl (C=O) groups is 2. The van der Waals surface area contributed by atoms with E-state index in [-0.39, 0.29) is 23.6 Å². The Hall–Kier alpha value is -2.43. The van der Waals surface area contributed by atoms with Gasteiger partial charge in [-0.05, 0) is 38.1 Å². The van der Waals surface area contributed by atoms with E-state index in [4.69, 9.17) is 11.6 Å². The van der Waals surface area contributed by atoms with Gasteiger partial charge in [-0.3, -0.25) is 9.59 Å². The molecule has 0 bridgehead atoms. The normalized spacial score (nSPS) is 11.8. The van der Waals surface area contributed by atoms with E-state index in [0.29, 0.717) is 33.2 Å². The van der Waals surface area contributed by atoms with Crippen LogP contribution in [0.25, 0.3) is 0 Å². The van der Waals surface area contributed by atoms with Crippen molar-refractivity contribution in [3.63, 3.8) is 0 Å². The summed E-state index contributed by atoms with van der Waals surface area (Å²) in [5.74, 6) is 0.232. The van der Waals surface area contributed by atoms with Crippen LogP contribution < -0.4 is 10.6 Å². The number of benzene rings is 1. The molecule has 0 aliphatic heterocycles. The lowest BCUT2D eigenvalue weighted by Gasteiger charge is -2.12. The molecule has 1 aromatic carbocycles. The maximum absolute atomic E-state index is 12.3. The summed E-state index contributed by atoms with van der Waals surface area (Å²) in [6, 6.07) is 6.65. The van der Waals surface area contributed by atoms with E-state index in [2.05, 4.69) is 25.8 Å². The summed E-state index contributed by atoms with van der Waals surface area (Å²) in [6.07, 6.45) is 1.64. The molecule has 152 valence electrons. The highest BCUT2D eigenvalue weighted by Gasteiger charge is 2.20. The summed E-state index contributed by atoms with van der Waals surface area (Å²) >= 11 is 8.51. The fraction of sp³-hybridized carbons (Fsp3) is 0.278. The number of hydrogen-bond acceptors (Lipinski definition) is 7. The Balaban J connectivity index is 1.61. The number of halogens is 1. The third-order valence-corrected chi connectivity index (χ3v) is 5.96. The molecule has 3 aromatic rings. The van der Waals surface area contributed by atoms with Gasteiger partial charge in [-0.2, -0.15) is 0 Å². The zero-order valence-electron chi connectivity index (χ0n) is 15.8. The van der Waals surface area contributed by atoms with Crippen LogP contribution in [0.2, 0.25) is 5.02 Å². The molecule has 0 spiro atoms. The number of amides is 2. The van der Waals surface area contributed by atoms with Crippen LogP contribution in [0.4, 0.5) is 5.13 Å². The molecule has 2 aromatic heterocycles. The third kappa shape index (κ3) is 5.55. The van der Waals surface area contributed by atoms with Crippen LogP contribution in [0.5, 0.6) is 0 Å². The summed E-state index contributed by atoms with van der Waals surface area (Å²) in [5.41, 5.74) is 0.513. The minimum atomic E-state index is -0.384. The first-order chi connectivity index (χ1) is 14.0. The summed E-state index contributed by atoms with van der Waals surface area (Å²) in [4.78, 5) is 28.7. The first kappa shape index (κ1) is 21.3. The fourth-order valence-electron chi connectivity index (χ4n) is 2.42. The highest BCUT2D eigenvalue weighted by molar-refractivity contribution is 8.00. The van der Waals surface area contributed by atoms with Crippen LogP contribution in [0, 0.1) is 0 Å². The van der Waals surface area contributed by atoms with Crippen molar-refractivity contribution in [3.05, 3.63) is 52.3 Å². The smallest absolute Gasteiger partial charge is 0.251 e. The van der Waals surface area contributed by atoms with E-state index < -0.39 is 0 Å². The molecule has 0 saturated carbocycles. The van der Waals surface area contributed by atoms with Crippen LogP contribution >= 0.6 is 34.7 Å². The number of hydrogen-bond donors (Lipinski definition) is 2. The van der Waals surface area contributed by atoms with Gasteiger partial charge in [-0.1, -0.05) is 23.4 Å². The Labute approximate surface area is 181 Å². The van der Waals surface area contributed by atoms with E-state index in [0.717, 1.165) is 0 Å². The Morgan fingerprint density at radius 3 is 2.69 bits per heavy atom. The Kier molecular flexibility index (Phi) is 7.24. The lowest BCUT2D eigenvalue weighted by Crippen LogP contribution is -2.25. The second kappa shape index (κ2) is 9.86. The number of aromatic nitrogens is 4. The lowest BCUT2D eigenvalue weighted by atomic mass is 10.2. The van der Waals surface area contributed by atoms with Crippen LogP contribution in [0.1, 0.15) is 30.0 Å². The van der Waals surface area contributed by atoms with Gasteiger partial charge in [0.1, 0.15) is 0 Å². The van der Waals surface area contributed by atoms with Gasteiger partial charge in [0.2, 0.25) is 5.91 Å². The van der Waals surface area contributed by atoms with Gasteiger partial charge in [0, 0.05) is 28.7 Å². The topological polar surface area (TPSA) is 102 Å². The summed E-state index contributed by atoms with van der Waals surface area (Å²) in [7, 11) is 0. The van der Waals surface area contributed by atoms with Crippen molar-refractivity contribution in [2.75, 3.05) is 5.32 Å². The molecule has 2 heterocycles. The highest BCUT2D eigenvalue weighted by atomic mass is 35.5. The van der Waals surface area contributed by atoms with Crippen molar-refractivity contribution in [2.45, 2.75) is 37.3 Å². The van der Waals surface area contributed by atoms with Crippen molar-refractivity contribution in [1.29, 1.82) is 0 Å². The van der Waals surface area contributed by atoms with E-state index in [1.54, 1.807) is 42.8 Å². The molecule has 1 atom stereocenters. The zero-order valence-corrected chi connectivity index (χ0v) is 18.1. The Morgan fingerprint density at radius 2 is 2.03 bits per heavy atom. The molecule has 3 rings (SSSR count). The van der Waals surface area contributed by atoms with Crippen LogP contribution in [-0.4, -0.2) is 36.8 Å². The second-order valence-electron chi connectivity index (χ2n) is 5.92. The molecule has 0 aliphatic rings. The van der Waals surface area contributed by atoms with E-state index in [9.17, 15) is 9.59 Å². The van der Waals surface area contributed by atoms with Crippen molar-refractivity contribution in [3.8, 4) is 0 Å². The number of thiazole rings is 1. The average molecular weight is 451 g/mol. The largest absolute Gasteiger partial charge is 0.345 e. The minimum Gasteiger partial charge on any atom is -0.345 e. The Bertz CT molecular complexity index is 975.